The number of sulfonamides is 1. The van der Waals surface area contributed by atoms with Gasteiger partial charge in [0.25, 0.3) is 0 Å². The molecule has 0 spiro atoms. The van der Waals surface area contributed by atoms with E-state index in [1.807, 2.05) is 6.92 Å². The van der Waals surface area contributed by atoms with Crippen LogP contribution in [0.2, 0.25) is 0 Å². The van der Waals surface area contributed by atoms with E-state index in [2.05, 4.69) is 4.72 Å². The first-order valence-corrected chi connectivity index (χ1v) is 7.93. The van der Waals surface area contributed by atoms with Crippen LogP contribution >= 0.6 is 0 Å². The molecule has 0 aromatic heterocycles. The third-order valence-electron chi connectivity index (χ3n) is 3.57. The highest BCUT2D eigenvalue weighted by Crippen LogP contribution is 2.21. The maximum absolute atomic E-state index is 13.2. The zero-order valence-electron chi connectivity index (χ0n) is 11.2. The zero-order valence-corrected chi connectivity index (χ0v) is 12.0. The number of hydrogen-bond acceptors (Lipinski definition) is 4. The largest absolute Gasteiger partial charge is 0.392 e. The smallest absolute Gasteiger partial charge is 0.240 e. The van der Waals surface area contributed by atoms with Gasteiger partial charge in [0.2, 0.25) is 10.0 Å². The molecule has 1 heterocycles. The van der Waals surface area contributed by atoms with Crippen LogP contribution in [0, 0.1) is 11.7 Å². The van der Waals surface area contributed by atoms with E-state index in [1.165, 1.54) is 6.07 Å². The number of nitrogens with one attached hydrogen (secondary N) is 1. The summed E-state index contributed by atoms with van der Waals surface area (Å²) in [7, 11) is -3.70. The third kappa shape index (κ3) is 3.35. The molecule has 1 fully saturated rings. The second-order valence-electron chi connectivity index (χ2n) is 4.89. The molecule has 1 aromatic rings. The number of hydrogen-bond donors (Lipinski definition) is 2. The number of aliphatic hydroxyl groups is 1. The summed E-state index contributed by atoms with van der Waals surface area (Å²) in [6.07, 6.45) is 0.841. The molecule has 1 aliphatic heterocycles. The Morgan fingerprint density at radius 1 is 1.50 bits per heavy atom. The maximum Gasteiger partial charge on any atom is 0.240 e. The van der Waals surface area contributed by atoms with E-state index in [-0.39, 0.29) is 29.0 Å². The SMILES string of the molecule is CC1OCCC1CNS(=O)(=O)c1ccc(F)c(CO)c1. The molecule has 2 rings (SSSR count). The van der Waals surface area contributed by atoms with Gasteiger partial charge in [-0.05, 0) is 31.5 Å². The Bertz CT molecular complexity index is 576. The number of benzene rings is 1. The summed E-state index contributed by atoms with van der Waals surface area (Å²) in [5.41, 5.74) is -0.0366. The van der Waals surface area contributed by atoms with Gasteiger partial charge in [0, 0.05) is 24.6 Å². The fraction of sp³-hybridized carbons (Fsp3) is 0.538. The van der Waals surface area contributed by atoms with E-state index in [9.17, 15) is 12.8 Å². The Labute approximate surface area is 117 Å². The summed E-state index contributed by atoms with van der Waals surface area (Å²) in [6.45, 7) is 2.30. The summed E-state index contributed by atoms with van der Waals surface area (Å²) in [5, 5.41) is 8.97. The van der Waals surface area contributed by atoms with E-state index in [4.69, 9.17) is 9.84 Å². The van der Waals surface area contributed by atoms with Gasteiger partial charge in [-0.15, -0.1) is 0 Å². The van der Waals surface area contributed by atoms with Gasteiger partial charge in [-0.2, -0.15) is 0 Å². The van der Waals surface area contributed by atoms with Crippen molar-refractivity contribution in [3.8, 4) is 0 Å². The molecule has 1 aliphatic rings. The number of aliphatic hydroxyl groups excluding tert-OH is 1. The van der Waals surface area contributed by atoms with Crippen LogP contribution < -0.4 is 4.72 Å². The van der Waals surface area contributed by atoms with Crippen LogP contribution in [0.25, 0.3) is 0 Å². The van der Waals surface area contributed by atoms with Crippen molar-refractivity contribution in [1.29, 1.82) is 0 Å². The molecule has 112 valence electrons. The molecule has 0 bridgehead atoms. The van der Waals surface area contributed by atoms with Gasteiger partial charge in [-0.1, -0.05) is 0 Å². The Morgan fingerprint density at radius 3 is 2.85 bits per heavy atom. The lowest BCUT2D eigenvalue weighted by Crippen LogP contribution is -2.32. The van der Waals surface area contributed by atoms with Crippen molar-refractivity contribution in [2.45, 2.75) is 31.0 Å². The van der Waals surface area contributed by atoms with Crippen molar-refractivity contribution in [2.24, 2.45) is 5.92 Å². The quantitative estimate of drug-likeness (QED) is 0.851. The van der Waals surface area contributed by atoms with Gasteiger partial charge in [-0.3, -0.25) is 0 Å². The minimum absolute atomic E-state index is 0.0268. The zero-order chi connectivity index (χ0) is 14.8. The van der Waals surface area contributed by atoms with Crippen molar-refractivity contribution in [3.05, 3.63) is 29.6 Å². The van der Waals surface area contributed by atoms with Crippen LogP contribution in [0.3, 0.4) is 0 Å². The Balaban J connectivity index is 2.10. The molecule has 1 saturated heterocycles. The predicted octanol–water partition coefficient (Wildman–Crippen LogP) is 1.02. The van der Waals surface area contributed by atoms with E-state index >= 15 is 0 Å². The Hall–Kier alpha value is -1.02. The van der Waals surface area contributed by atoms with Crippen LogP contribution in [-0.2, 0) is 21.4 Å². The van der Waals surface area contributed by atoms with Crippen molar-refractivity contribution in [3.63, 3.8) is 0 Å². The minimum atomic E-state index is -3.70. The molecular formula is C13H18FNO4S. The fourth-order valence-electron chi connectivity index (χ4n) is 2.18. The summed E-state index contributed by atoms with van der Waals surface area (Å²) in [4.78, 5) is -0.0467. The minimum Gasteiger partial charge on any atom is -0.392 e. The molecule has 0 amide bonds. The monoisotopic (exact) mass is 303 g/mol. The summed E-state index contributed by atoms with van der Waals surface area (Å²) in [6, 6.07) is 3.37. The first-order chi connectivity index (χ1) is 9.44. The first-order valence-electron chi connectivity index (χ1n) is 6.44. The molecule has 2 unspecified atom stereocenters. The Kier molecular flexibility index (Phi) is 4.74. The average molecular weight is 303 g/mol. The van der Waals surface area contributed by atoms with Crippen molar-refractivity contribution >= 4 is 10.0 Å². The van der Waals surface area contributed by atoms with Gasteiger partial charge < -0.3 is 9.84 Å². The van der Waals surface area contributed by atoms with E-state index in [0.717, 1.165) is 18.6 Å². The standard InChI is InChI=1S/C13H18FNO4S/c1-9-10(4-5-19-9)7-15-20(17,18)12-2-3-13(14)11(6-12)8-16/h2-3,6,9-10,15-16H,4-5,7-8H2,1H3. The van der Waals surface area contributed by atoms with E-state index in [0.29, 0.717) is 6.61 Å². The maximum atomic E-state index is 13.2. The number of halogens is 1. The van der Waals surface area contributed by atoms with Gasteiger partial charge in [0.15, 0.2) is 0 Å². The molecular weight excluding hydrogens is 285 g/mol. The summed E-state index contributed by atoms with van der Waals surface area (Å²) >= 11 is 0. The van der Waals surface area contributed by atoms with Gasteiger partial charge in [-0.25, -0.2) is 17.5 Å². The van der Waals surface area contributed by atoms with Gasteiger partial charge in [0.1, 0.15) is 5.82 Å². The van der Waals surface area contributed by atoms with Crippen LogP contribution in [0.5, 0.6) is 0 Å². The van der Waals surface area contributed by atoms with Crippen molar-refractivity contribution < 1.29 is 22.7 Å². The molecule has 0 saturated carbocycles. The molecule has 2 N–H and O–H groups in total. The van der Waals surface area contributed by atoms with Crippen LogP contribution in [-0.4, -0.2) is 32.8 Å². The second-order valence-corrected chi connectivity index (χ2v) is 6.65. The lowest BCUT2D eigenvalue weighted by molar-refractivity contribution is 0.107. The molecule has 5 nitrogen and oxygen atoms in total. The normalized spacial score (nSPS) is 23.1. The fourth-order valence-corrected chi connectivity index (χ4v) is 3.33. The number of rotatable bonds is 5. The number of ether oxygens (including phenoxy) is 1. The molecule has 7 heteroatoms. The highest BCUT2D eigenvalue weighted by Gasteiger charge is 2.26. The Morgan fingerprint density at radius 2 is 2.25 bits per heavy atom. The lowest BCUT2D eigenvalue weighted by Gasteiger charge is -2.15. The first kappa shape index (κ1) is 15.4. The van der Waals surface area contributed by atoms with Crippen LogP contribution in [0.15, 0.2) is 23.1 Å². The summed E-state index contributed by atoms with van der Waals surface area (Å²) < 4.78 is 45.4. The highest BCUT2D eigenvalue weighted by atomic mass is 32.2. The van der Waals surface area contributed by atoms with Gasteiger partial charge in [0.05, 0.1) is 17.6 Å². The molecule has 2 atom stereocenters. The lowest BCUT2D eigenvalue weighted by atomic mass is 10.0. The average Bonchev–Trinajstić information content (AvgIpc) is 2.82. The molecule has 0 aliphatic carbocycles. The highest BCUT2D eigenvalue weighted by molar-refractivity contribution is 7.89. The van der Waals surface area contributed by atoms with E-state index < -0.39 is 22.4 Å². The molecule has 0 radical (unpaired) electrons. The molecule has 1 aromatic carbocycles. The van der Waals surface area contributed by atoms with Crippen LogP contribution in [0.1, 0.15) is 18.9 Å². The predicted molar refractivity (Wildman–Crippen MR) is 71.0 cm³/mol. The van der Waals surface area contributed by atoms with Gasteiger partial charge >= 0.3 is 0 Å². The topological polar surface area (TPSA) is 75.6 Å². The van der Waals surface area contributed by atoms with Crippen LogP contribution in [0.4, 0.5) is 4.39 Å². The second kappa shape index (κ2) is 6.17. The van der Waals surface area contributed by atoms with Crippen molar-refractivity contribution in [1.82, 2.24) is 4.72 Å². The van der Waals surface area contributed by atoms with Crippen molar-refractivity contribution in [2.75, 3.05) is 13.2 Å². The molecule has 20 heavy (non-hydrogen) atoms. The summed E-state index contributed by atoms with van der Waals surface area (Å²) in [5.74, 6) is -0.480. The third-order valence-corrected chi connectivity index (χ3v) is 4.99. The van der Waals surface area contributed by atoms with E-state index in [1.54, 1.807) is 0 Å².